The largest absolute Gasteiger partial charge is 0.493 e. The topological polar surface area (TPSA) is 113 Å². The van der Waals surface area contributed by atoms with E-state index in [9.17, 15) is 14.4 Å². The van der Waals surface area contributed by atoms with Crippen LogP contribution in [0.15, 0.2) is 54.6 Å². The summed E-state index contributed by atoms with van der Waals surface area (Å²) in [6.07, 6.45) is 4.26. The summed E-state index contributed by atoms with van der Waals surface area (Å²) in [5.41, 5.74) is 3.40. The minimum Gasteiger partial charge on any atom is -0.493 e. The average Bonchev–Trinajstić information content (AvgIpc) is 3.20. The Hall–Kier alpha value is -4.77. The number of nitrogens with zero attached hydrogens (tertiary/aromatic N) is 2. The normalized spacial score (nSPS) is 15.8. The molecule has 1 aliphatic heterocycles. The van der Waals surface area contributed by atoms with Crippen molar-refractivity contribution in [1.29, 1.82) is 0 Å². The van der Waals surface area contributed by atoms with Gasteiger partial charge in [-0.15, -0.1) is 0 Å². The quantitative estimate of drug-likeness (QED) is 0.0997. The van der Waals surface area contributed by atoms with E-state index in [4.69, 9.17) is 28.4 Å². The van der Waals surface area contributed by atoms with E-state index in [2.05, 4.69) is 11.8 Å². The zero-order valence-corrected chi connectivity index (χ0v) is 34.9. The van der Waals surface area contributed by atoms with Gasteiger partial charge in [-0.3, -0.25) is 9.59 Å². The summed E-state index contributed by atoms with van der Waals surface area (Å²) in [7, 11) is 10.4. The third-order valence-corrected chi connectivity index (χ3v) is 10.5. The summed E-state index contributed by atoms with van der Waals surface area (Å²) in [5.74, 6) is 2.35. The second-order valence-corrected chi connectivity index (χ2v) is 15.0. The van der Waals surface area contributed by atoms with Crippen LogP contribution < -0.4 is 23.7 Å². The van der Waals surface area contributed by atoms with E-state index in [1.54, 1.807) is 39.4 Å². The van der Waals surface area contributed by atoms with Gasteiger partial charge in [0, 0.05) is 19.5 Å². The molecule has 0 aliphatic carbocycles. The fourth-order valence-electron chi connectivity index (χ4n) is 7.59. The van der Waals surface area contributed by atoms with Gasteiger partial charge in [0.1, 0.15) is 24.5 Å². The predicted molar refractivity (Wildman–Crippen MR) is 217 cm³/mol. The van der Waals surface area contributed by atoms with Crippen LogP contribution in [0.1, 0.15) is 93.1 Å². The maximum atomic E-state index is 14.4. The summed E-state index contributed by atoms with van der Waals surface area (Å²) in [6, 6.07) is 16.2. The molecule has 1 amide bonds. The molecule has 0 spiro atoms. The molecule has 11 heteroatoms. The van der Waals surface area contributed by atoms with Crippen LogP contribution in [0, 0.1) is 12.8 Å². The highest BCUT2D eigenvalue weighted by atomic mass is 16.5. The lowest BCUT2D eigenvalue weighted by Crippen LogP contribution is -2.50. The Bertz CT molecular complexity index is 1760. The van der Waals surface area contributed by atoms with E-state index in [1.165, 1.54) is 0 Å². The van der Waals surface area contributed by atoms with Crippen LogP contribution >= 0.6 is 0 Å². The monoisotopic (exact) mass is 774 g/mol. The van der Waals surface area contributed by atoms with Crippen molar-refractivity contribution in [1.82, 2.24) is 9.80 Å². The number of hydrogen-bond donors (Lipinski definition) is 0. The number of piperidine rings is 1. The molecule has 0 saturated carbocycles. The molecule has 4 rings (SSSR count). The van der Waals surface area contributed by atoms with Crippen LogP contribution in [0.3, 0.4) is 0 Å². The molecule has 1 unspecified atom stereocenters. The van der Waals surface area contributed by atoms with Crippen LogP contribution in [0.5, 0.6) is 28.7 Å². The number of benzene rings is 3. The lowest BCUT2D eigenvalue weighted by molar-refractivity contribution is -0.162. The predicted octanol–water partition coefficient (Wildman–Crippen LogP) is 7.75. The van der Waals surface area contributed by atoms with Gasteiger partial charge in [-0.2, -0.15) is 0 Å². The van der Waals surface area contributed by atoms with Gasteiger partial charge >= 0.3 is 5.97 Å². The van der Waals surface area contributed by atoms with E-state index in [0.29, 0.717) is 73.3 Å². The lowest BCUT2D eigenvalue weighted by Gasteiger charge is -2.37. The van der Waals surface area contributed by atoms with Crippen molar-refractivity contribution in [2.75, 3.05) is 62.2 Å². The van der Waals surface area contributed by atoms with Crippen LogP contribution in [0.2, 0.25) is 0 Å². The highest BCUT2D eigenvalue weighted by Crippen LogP contribution is 2.37. The number of likely N-dealkylation sites (tertiary alicyclic amines) is 1. The minimum atomic E-state index is -0.734. The molecule has 1 aliphatic rings. The first-order valence-corrected chi connectivity index (χ1v) is 19.8. The van der Waals surface area contributed by atoms with Crippen molar-refractivity contribution in [3.63, 3.8) is 0 Å². The number of rotatable bonds is 21. The number of amides is 1. The zero-order valence-electron chi connectivity index (χ0n) is 34.9. The van der Waals surface area contributed by atoms with Gasteiger partial charge in [0.2, 0.25) is 5.91 Å². The van der Waals surface area contributed by atoms with Crippen molar-refractivity contribution in [3.05, 3.63) is 76.9 Å². The molecule has 11 nitrogen and oxygen atoms in total. The van der Waals surface area contributed by atoms with E-state index in [1.807, 2.05) is 76.5 Å². The minimum absolute atomic E-state index is 0.0353. The molecule has 3 aromatic rings. The maximum absolute atomic E-state index is 14.4. The number of ether oxygens (including phenoxy) is 6. The summed E-state index contributed by atoms with van der Waals surface area (Å²) in [5, 5.41) is 0. The second-order valence-electron chi connectivity index (χ2n) is 15.0. The molecule has 0 bridgehead atoms. The van der Waals surface area contributed by atoms with Gasteiger partial charge in [-0.1, -0.05) is 38.1 Å². The first-order valence-electron chi connectivity index (χ1n) is 19.8. The molecule has 1 fully saturated rings. The number of carbonyl (C=O) groups excluding carboxylic acids is 3. The molecule has 0 N–H and O–H groups in total. The van der Waals surface area contributed by atoms with E-state index in [-0.39, 0.29) is 18.3 Å². The number of methoxy groups -OCH3 is 4. The van der Waals surface area contributed by atoms with E-state index in [0.717, 1.165) is 48.1 Å². The van der Waals surface area contributed by atoms with Gasteiger partial charge in [-0.05, 0) is 124 Å². The number of hydrogen-bond acceptors (Lipinski definition) is 10. The van der Waals surface area contributed by atoms with Crippen molar-refractivity contribution in [2.45, 2.75) is 90.2 Å². The lowest BCUT2D eigenvalue weighted by atomic mass is 9.91. The molecule has 0 aromatic heterocycles. The molecule has 56 heavy (non-hydrogen) atoms. The van der Waals surface area contributed by atoms with Gasteiger partial charge in [0.25, 0.3) is 0 Å². The Morgan fingerprint density at radius 1 is 0.857 bits per heavy atom. The number of carbonyl (C=O) groups is 3. The van der Waals surface area contributed by atoms with E-state index < -0.39 is 24.0 Å². The highest BCUT2D eigenvalue weighted by molar-refractivity contribution is 5.89. The summed E-state index contributed by atoms with van der Waals surface area (Å²) in [4.78, 5) is 45.3. The molecule has 3 aromatic carbocycles. The fourth-order valence-corrected chi connectivity index (χ4v) is 7.59. The summed E-state index contributed by atoms with van der Waals surface area (Å²) in [6.45, 7) is 7.39. The van der Waals surface area contributed by atoms with Crippen molar-refractivity contribution in [2.24, 2.45) is 5.92 Å². The average molecular weight is 775 g/mol. The Labute approximate surface area is 333 Å². The fraction of sp³-hybridized carbons (Fsp3) is 0.533. The number of aryl methyl sites for hydroxylation is 2. The van der Waals surface area contributed by atoms with Gasteiger partial charge < -0.3 is 38.2 Å². The molecule has 1 saturated heterocycles. The van der Waals surface area contributed by atoms with Crippen molar-refractivity contribution < 1.29 is 42.8 Å². The Morgan fingerprint density at radius 3 is 2.29 bits per heavy atom. The third-order valence-electron chi connectivity index (χ3n) is 10.5. The Kier molecular flexibility index (Phi) is 16.9. The highest BCUT2D eigenvalue weighted by Gasteiger charge is 2.38. The smallest absolute Gasteiger partial charge is 0.329 e. The van der Waals surface area contributed by atoms with Crippen LogP contribution in [0.25, 0.3) is 0 Å². The first-order chi connectivity index (χ1) is 26.9. The van der Waals surface area contributed by atoms with Crippen molar-refractivity contribution >= 4 is 17.7 Å². The maximum Gasteiger partial charge on any atom is 0.329 e. The first kappa shape index (κ1) is 44.0. The molecule has 1 heterocycles. The van der Waals surface area contributed by atoms with Gasteiger partial charge in [0.05, 0.1) is 34.4 Å². The molecule has 306 valence electrons. The second kappa shape index (κ2) is 21.5. The number of ketones is 1. The van der Waals surface area contributed by atoms with Gasteiger partial charge in [0.15, 0.2) is 28.8 Å². The Balaban J connectivity index is 1.56. The molecule has 4 atom stereocenters. The SMILES string of the molecule is CC[C@H](C(=O)N1CCCC[C@H]1C(=O)O[C@H](CCc1ccc(OC)c(OC)c1)c1cccc(OCC(=O)CCC(C)CN(C)C)c1)c1cc(C)c(OC)c(OC)c1. The Morgan fingerprint density at radius 2 is 1.61 bits per heavy atom. The number of esters is 1. The van der Waals surface area contributed by atoms with Crippen molar-refractivity contribution in [3.8, 4) is 28.7 Å². The summed E-state index contributed by atoms with van der Waals surface area (Å²) < 4.78 is 34.5. The molecular weight excluding hydrogens is 712 g/mol. The number of Topliss-reactive ketones (excluding diaryl/α,β-unsaturated/α-hetero) is 1. The third kappa shape index (κ3) is 11.9. The van der Waals surface area contributed by atoms with Crippen LogP contribution in [-0.4, -0.2) is 95.7 Å². The van der Waals surface area contributed by atoms with Gasteiger partial charge in [-0.25, -0.2) is 4.79 Å². The summed E-state index contributed by atoms with van der Waals surface area (Å²) >= 11 is 0. The molecular formula is C45H62N2O9. The van der Waals surface area contributed by atoms with E-state index >= 15 is 0 Å². The standard InChI is InChI=1S/C45H62N2O9/c1-10-37(34-24-31(3)43(54-9)42(27-34)53-8)44(49)47-23-12-11-16-38(47)45(50)56-39(21-18-32-19-22-40(51-6)41(25-32)52-7)33-14-13-15-36(26-33)55-29-35(48)20-17-30(2)28-46(4)5/h13-15,19,22,24-27,30,37-39H,10-12,16-18,20-21,23,28-29H2,1-9H3/t30?,37-,38-,39+/m0/s1. The molecule has 0 radical (unpaired) electrons. The van der Waals surface area contributed by atoms with Crippen LogP contribution in [0.4, 0.5) is 0 Å². The zero-order chi connectivity index (χ0) is 40.8. The van der Waals surface area contributed by atoms with Crippen LogP contribution in [-0.2, 0) is 25.5 Å².